The number of ether oxygens (including phenoxy) is 3. The molecule has 2 aliphatic rings. The van der Waals surface area contributed by atoms with Gasteiger partial charge in [-0.2, -0.15) is 0 Å². The predicted molar refractivity (Wildman–Crippen MR) is 176 cm³/mol. The molecule has 0 amide bonds. The van der Waals surface area contributed by atoms with Crippen molar-refractivity contribution in [2.24, 2.45) is 0 Å². The van der Waals surface area contributed by atoms with Gasteiger partial charge in [0.25, 0.3) is 11.1 Å². The molecule has 0 bridgehead atoms. The molecular formula is C29H24Cl6N4O6. The van der Waals surface area contributed by atoms with Gasteiger partial charge in [0.2, 0.25) is 0 Å². The second kappa shape index (κ2) is 14.4. The highest BCUT2D eigenvalue weighted by molar-refractivity contribution is 6.39. The van der Waals surface area contributed by atoms with Gasteiger partial charge in [0, 0.05) is 11.1 Å². The van der Waals surface area contributed by atoms with Crippen LogP contribution < -0.4 is 15.9 Å². The van der Waals surface area contributed by atoms with E-state index in [1.807, 2.05) is 0 Å². The molecule has 1 N–H and O–H groups in total. The van der Waals surface area contributed by atoms with Crippen LogP contribution in [-0.4, -0.2) is 56.9 Å². The molecule has 0 radical (unpaired) electrons. The Bertz CT molecular complexity index is 1920. The van der Waals surface area contributed by atoms with E-state index in [9.17, 15) is 14.7 Å². The average Bonchev–Trinajstić information content (AvgIpc) is 3.24. The quantitative estimate of drug-likeness (QED) is 0.246. The van der Waals surface area contributed by atoms with Crippen LogP contribution in [-0.2, 0) is 35.7 Å². The first kappa shape index (κ1) is 33.6. The van der Waals surface area contributed by atoms with Gasteiger partial charge in [-0.05, 0) is 24.3 Å². The second-order valence-electron chi connectivity index (χ2n) is 9.70. The van der Waals surface area contributed by atoms with Gasteiger partial charge in [0.1, 0.15) is 28.4 Å². The van der Waals surface area contributed by atoms with Crippen LogP contribution in [0.15, 0.2) is 33.9 Å². The van der Waals surface area contributed by atoms with E-state index in [4.69, 9.17) is 90.2 Å². The summed E-state index contributed by atoms with van der Waals surface area (Å²) in [6, 6.07) is 5.84. The molecule has 16 heteroatoms. The molecule has 4 aromatic rings. The molecule has 0 atom stereocenters. The van der Waals surface area contributed by atoms with Crippen molar-refractivity contribution in [3.05, 3.63) is 75.4 Å². The van der Waals surface area contributed by atoms with Crippen molar-refractivity contribution in [3.8, 4) is 46.1 Å². The van der Waals surface area contributed by atoms with Crippen molar-refractivity contribution in [1.29, 1.82) is 0 Å². The summed E-state index contributed by atoms with van der Waals surface area (Å²) in [5.41, 5.74) is 0.882. The van der Waals surface area contributed by atoms with Crippen molar-refractivity contribution in [2.45, 2.75) is 26.2 Å². The Kier molecular flexibility index (Phi) is 10.7. The van der Waals surface area contributed by atoms with Gasteiger partial charge in [-0.15, -0.1) is 6.42 Å². The van der Waals surface area contributed by atoms with Gasteiger partial charge >= 0.3 is 0 Å². The Balaban J connectivity index is 0.000000179. The second-order valence-corrected chi connectivity index (χ2v) is 12.0. The fraction of sp³-hybridized carbons (Fsp3) is 0.310. The van der Waals surface area contributed by atoms with Crippen molar-refractivity contribution in [3.63, 3.8) is 0 Å². The highest BCUT2D eigenvalue weighted by Crippen LogP contribution is 2.39. The number of aromatic nitrogens is 4. The smallest absolute Gasteiger partial charge is 0.276 e. The van der Waals surface area contributed by atoms with E-state index in [0.717, 1.165) is 0 Å². The van der Waals surface area contributed by atoms with E-state index < -0.39 is 0 Å². The Morgan fingerprint density at radius 1 is 0.689 bits per heavy atom. The molecule has 0 saturated carbocycles. The molecule has 0 saturated heterocycles. The van der Waals surface area contributed by atoms with Crippen LogP contribution in [0, 0.1) is 12.3 Å². The van der Waals surface area contributed by atoms with Crippen LogP contribution in [0.25, 0.3) is 22.3 Å². The predicted octanol–water partition coefficient (Wildman–Crippen LogP) is 6.33. The zero-order chi connectivity index (χ0) is 32.4. The summed E-state index contributed by atoms with van der Waals surface area (Å²) < 4.78 is 22.5. The van der Waals surface area contributed by atoms with Crippen LogP contribution in [0.5, 0.6) is 11.5 Å². The Morgan fingerprint density at radius 3 is 1.62 bits per heavy atom. The number of terminal acetylenes is 1. The molecule has 10 nitrogen and oxygen atoms in total. The number of fused-ring (bicyclic) bond motifs is 2. The molecule has 4 heterocycles. The molecular weight excluding hydrogens is 713 g/mol. The number of hydrogen-bond donors (Lipinski definition) is 1. The van der Waals surface area contributed by atoms with Crippen LogP contribution in [0.1, 0.15) is 0 Å². The summed E-state index contributed by atoms with van der Waals surface area (Å²) >= 11 is 37.1. The summed E-state index contributed by atoms with van der Waals surface area (Å²) in [6.07, 6.45) is 5.20. The van der Waals surface area contributed by atoms with E-state index in [-0.39, 0.29) is 44.2 Å². The summed E-state index contributed by atoms with van der Waals surface area (Å²) in [5.74, 6) is 2.56. The van der Waals surface area contributed by atoms with E-state index >= 15 is 0 Å². The third kappa shape index (κ3) is 6.73. The minimum atomic E-state index is -0.269. The lowest BCUT2D eigenvalue weighted by molar-refractivity contribution is 0.137. The summed E-state index contributed by atoms with van der Waals surface area (Å²) in [6.45, 7) is 3.71. The number of nitrogens with zero attached hydrogens (tertiary/aromatic N) is 4. The molecule has 2 aromatic carbocycles. The average molecular weight is 737 g/mol. The fourth-order valence-electron chi connectivity index (χ4n) is 4.95. The number of aromatic hydroxyl groups is 1. The first-order valence-corrected chi connectivity index (χ1v) is 15.7. The van der Waals surface area contributed by atoms with E-state index in [2.05, 4.69) is 5.92 Å². The maximum atomic E-state index is 12.8. The maximum Gasteiger partial charge on any atom is 0.276 e. The Hall–Kier alpha value is -2.72. The largest absolute Gasteiger partial charge is 0.506 e. The van der Waals surface area contributed by atoms with E-state index in [1.54, 1.807) is 20.1 Å². The molecule has 45 heavy (non-hydrogen) atoms. The third-order valence-electron chi connectivity index (χ3n) is 7.04. The normalized spacial score (nSPS) is 14.3. The molecule has 0 spiro atoms. The van der Waals surface area contributed by atoms with Crippen molar-refractivity contribution in [1.82, 2.24) is 18.7 Å². The summed E-state index contributed by atoms with van der Waals surface area (Å²) in [7, 11) is 0. The van der Waals surface area contributed by atoms with Gasteiger partial charge in [-0.3, -0.25) is 19.0 Å². The van der Waals surface area contributed by atoms with Crippen molar-refractivity contribution in [2.75, 3.05) is 33.0 Å². The van der Waals surface area contributed by atoms with Crippen LogP contribution >= 0.6 is 69.6 Å². The third-order valence-corrected chi connectivity index (χ3v) is 9.03. The molecule has 2 aliphatic heterocycles. The van der Waals surface area contributed by atoms with Crippen molar-refractivity contribution < 1.29 is 19.3 Å². The van der Waals surface area contributed by atoms with Crippen LogP contribution in [0.2, 0.25) is 30.4 Å². The van der Waals surface area contributed by atoms with Gasteiger partial charge in [0.15, 0.2) is 0 Å². The Labute approximate surface area is 287 Å². The zero-order valence-electron chi connectivity index (χ0n) is 23.3. The van der Waals surface area contributed by atoms with Crippen LogP contribution in [0.4, 0.5) is 0 Å². The first-order chi connectivity index (χ1) is 21.5. The molecule has 0 aliphatic carbocycles. The van der Waals surface area contributed by atoms with Crippen molar-refractivity contribution >= 4 is 69.6 Å². The van der Waals surface area contributed by atoms with Gasteiger partial charge in [-0.1, -0.05) is 75.5 Å². The summed E-state index contributed by atoms with van der Waals surface area (Å²) in [4.78, 5) is 25.4. The van der Waals surface area contributed by atoms with E-state index in [1.165, 1.54) is 22.9 Å². The number of rotatable bonds is 4. The maximum absolute atomic E-state index is 12.8. The first-order valence-electron chi connectivity index (χ1n) is 13.4. The number of phenols is 1. The monoisotopic (exact) mass is 734 g/mol. The summed E-state index contributed by atoms with van der Waals surface area (Å²) in [5, 5.41) is 11.3. The van der Waals surface area contributed by atoms with Crippen LogP contribution in [0.3, 0.4) is 0 Å². The molecule has 238 valence electrons. The molecule has 0 fully saturated rings. The highest BCUT2D eigenvalue weighted by atomic mass is 35.5. The number of benzene rings is 2. The zero-order valence-corrected chi connectivity index (χ0v) is 27.8. The lowest BCUT2D eigenvalue weighted by atomic mass is 10.1. The molecule has 2 aromatic heterocycles. The molecule has 6 rings (SSSR count). The standard InChI is InChI=1S/C16H13Cl3N2O3.C13H11Cl3N2O3/c1-2-5-24-13-8-10(11(17)9-12(13)18)14-15(19)20-3-6-23-7-4-21(20)16(14)22;14-8-6-9(15)10(19)5-7(8)11-12(16)17-1-3-21-4-2-18(17)13(11)20/h1,8-9H,3-7H2;5-6,19H,1-4H2. The minimum absolute atomic E-state index is 0.0527. The number of halogens is 6. The fourth-order valence-corrected chi connectivity index (χ4v) is 6.67. The lowest BCUT2D eigenvalue weighted by Crippen LogP contribution is -2.23. The van der Waals surface area contributed by atoms with Gasteiger partial charge in [-0.25, -0.2) is 9.36 Å². The number of hydrogen-bond acceptors (Lipinski definition) is 6. The highest BCUT2D eigenvalue weighted by Gasteiger charge is 2.25. The van der Waals surface area contributed by atoms with E-state index in [0.29, 0.717) is 90.2 Å². The van der Waals surface area contributed by atoms with Gasteiger partial charge in [0.05, 0.1) is 83.8 Å². The SMILES string of the molecule is C#CCOc1cc(-c2c(Cl)n3n(c2=O)CCOCC3)c(Cl)cc1Cl.O=c1c(-c2cc(O)c(Cl)cc2Cl)c(Cl)n2n1CCOCC2. The topological polar surface area (TPSA) is 102 Å². The Morgan fingerprint density at radius 2 is 1.13 bits per heavy atom. The number of phenolic OH excluding ortho intramolecular Hbond substituents is 1. The molecule has 0 unspecified atom stereocenters. The minimum Gasteiger partial charge on any atom is -0.506 e. The van der Waals surface area contributed by atoms with Gasteiger partial charge < -0.3 is 19.3 Å². The lowest BCUT2D eigenvalue weighted by Gasteiger charge is -2.09.